The Labute approximate surface area is 124 Å². The number of carbonyl (C=O) groups excluding carboxylic acids is 1. The number of ether oxygens (including phenoxy) is 1. The van der Waals surface area contributed by atoms with Crippen molar-refractivity contribution in [3.8, 4) is 0 Å². The molecule has 21 heavy (non-hydrogen) atoms. The summed E-state index contributed by atoms with van der Waals surface area (Å²) in [5.74, 6) is -0.174. The molecule has 1 rings (SSSR count). The molecule has 8 heteroatoms. The van der Waals surface area contributed by atoms with Gasteiger partial charge in [-0.3, -0.25) is 0 Å². The highest BCUT2D eigenvalue weighted by molar-refractivity contribution is 7.92. The van der Waals surface area contributed by atoms with Crippen LogP contribution in [0.4, 0.5) is 11.5 Å². The van der Waals surface area contributed by atoms with Crippen LogP contribution < -0.4 is 11.1 Å². The Kier molecular flexibility index (Phi) is 5.16. The van der Waals surface area contributed by atoms with Crippen molar-refractivity contribution in [2.24, 2.45) is 0 Å². The molecule has 0 saturated heterocycles. The molecule has 0 bridgehead atoms. The average molecular weight is 315 g/mol. The topological polar surface area (TPSA) is 111 Å². The molecule has 0 radical (unpaired) electrons. The fourth-order valence-corrected chi connectivity index (χ4v) is 1.72. The Morgan fingerprint density at radius 2 is 2.10 bits per heavy atom. The fraction of sp³-hybridized carbons (Fsp3) is 0.538. The summed E-state index contributed by atoms with van der Waals surface area (Å²) in [4.78, 5) is 15.8. The summed E-state index contributed by atoms with van der Waals surface area (Å²) in [6.07, 6.45) is 2.51. The highest BCUT2D eigenvalue weighted by Crippen LogP contribution is 2.19. The van der Waals surface area contributed by atoms with Crippen LogP contribution in [0.15, 0.2) is 12.3 Å². The van der Waals surface area contributed by atoms with E-state index < -0.39 is 20.6 Å². The van der Waals surface area contributed by atoms with Crippen molar-refractivity contribution in [3.63, 3.8) is 0 Å². The van der Waals surface area contributed by atoms with E-state index in [0.717, 1.165) is 0 Å². The Balaban J connectivity index is 2.92. The first-order valence-electron chi connectivity index (χ1n) is 6.44. The highest BCUT2D eigenvalue weighted by atomic mass is 32.2. The van der Waals surface area contributed by atoms with Crippen LogP contribution in [0.5, 0.6) is 0 Å². The van der Waals surface area contributed by atoms with Gasteiger partial charge < -0.3 is 15.8 Å². The molecule has 0 spiro atoms. The number of rotatable bonds is 6. The molecule has 1 heterocycles. The van der Waals surface area contributed by atoms with Gasteiger partial charge in [0.2, 0.25) is 0 Å². The number of nitrogens with zero attached hydrogens (tertiary/aromatic N) is 1. The maximum absolute atomic E-state index is 11.7. The molecule has 0 aliphatic rings. The van der Waals surface area contributed by atoms with Gasteiger partial charge in [0.15, 0.2) is 9.84 Å². The molecule has 0 unspecified atom stereocenters. The predicted molar refractivity (Wildman–Crippen MR) is 82.0 cm³/mol. The number of pyridine rings is 1. The van der Waals surface area contributed by atoms with E-state index in [9.17, 15) is 13.2 Å². The first-order chi connectivity index (χ1) is 9.58. The van der Waals surface area contributed by atoms with Gasteiger partial charge in [-0.2, -0.15) is 0 Å². The molecule has 0 amide bonds. The van der Waals surface area contributed by atoms with Crippen LogP contribution in [0, 0.1) is 0 Å². The molecule has 0 fully saturated rings. The number of anilines is 2. The number of hydrogen-bond donors (Lipinski definition) is 2. The lowest BCUT2D eigenvalue weighted by molar-refractivity contribution is 0.0527. The van der Waals surface area contributed by atoms with Crippen molar-refractivity contribution in [2.75, 3.05) is 30.5 Å². The molecule has 0 aliphatic heterocycles. The van der Waals surface area contributed by atoms with Crippen molar-refractivity contribution in [1.29, 1.82) is 0 Å². The number of esters is 1. The quantitative estimate of drug-likeness (QED) is 0.755. The second-order valence-corrected chi connectivity index (χ2v) is 7.91. The third-order valence-electron chi connectivity index (χ3n) is 3.13. The van der Waals surface area contributed by atoms with Crippen molar-refractivity contribution in [3.05, 3.63) is 17.8 Å². The lowest BCUT2D eigenvalue weighted by Crippen LogP contribution is -2.38. The standard InChI is InChI=1S/C13H21N3O4S/c1-5-20-12(17)9-6-11(15-7-10(9)14)16-8-13(2,3)21(4,18)19/h6-7H,5,8,14H2,1-4H3,(H,15,16). The first kappa shape index (κ1) is 17.2. The van der Waals surface area contributed by atoms with Crippen LogP contribution in [0.3, 0.4) is 0 Å². The van der Waals surface area contributed by atoms with Gasteiger partial charge in [0.25, 0.3) is 0 Å². The number of sulfone groups is 1. The van der Waals surface area contributed by atoms with Gasteiger partial charge in [0.1, 0.15) is 5.82 Å². The van der Waals surface area contributed by atoms with Crippen molar-refractivity contribution >= 4 is 27.3 Å². The fourth-order valence-electron chi connectivity index (χ4n) is 1.38. The third-order valence-corrected chi connectivity index (χ3v) is 5.28. The number of nitrogen functional groups attached to an aromatic ring is 1. The minimum atomic E-state index is -3.22. The molecular formula is C13H21N3O4S. The zero-order valence-electron chi connectivity index (χ0n) is 12.6. The molecule has 0 aromatic carbocycles. The van der Waals surface area contributed by atoms with E-state index in [4.69, 9.17) is 10.5 Å². The Morgan fingerprint density at radius 3 is 2.62 bits per heavy atom. The third kappa shape index (κ3) is 4.32. The van der Waals surface area contributed by atoms with Crippen LogP contribution in [-0.2, 0) is 14.6 Å². The van der Waals surface area contributed by atoms with E-state index in [1.54, 1.807) is 20.8 Å². The van der Waals surface area contributed by atoms with Crippen LogP contribution in [0.2, 0.25) is 0 Å². The van der Waals surface area contributed by atoms with Crippen molar-refractivity contribution < 1.29 is 17.9 Å². The lowest BCUT2D eigenvalue weighted by Gasteiger charge is -2.23. The van der Waals surface area contributed by atoms with E-state index in [-0.39, 0.29) is 24.4 Å². The first-order valence-corrected chi connectivity index (χ1v) is 8.33. The van der Waals surface area contributed by atoms with Crippen LogP contribution >= 0.6 is 0 Å². The molecular weight excluding hydrogens is 294 g/mol. The summed E-state index contributed by atoms with van der Waals surface area (Å²) in [6.45, 7) is 5.32. The van der Waals surface area contributed by atoms with E-state index in [1.807, 2.05) is 0 Å². The Morgan fingerprint density at radius 1 is 1.48 bits per heavy atom. The van der Waals surface area contributed by atoms with Gasteiger partial charge in [0, 0.05) is 12.8 Å². The zero-order chi connectivity index (χ0) is 16.3. The largest absolute Gasteiger partial charge is 0.462 e. The molecule has 0 saturated carbocycles. The Hall–Kier alpha value is -1.83. The SMILES string of the molecule is CCOC(=O)c1cc(NCC(C)(C)S(C)(=O)=O)ncc1N. The Bertz CT molecular complexity index is 626. The van der Waals surface area contributed by atoms with Gasteiger partial charge >= 0.3 is 5.97 Å². The van der Waals surface area contributed by atoms with Gasteiger partial charge in [-0.25, -0.2) is 18.2 Å². The van der Waals surface area contributed by atoms with Crippen molar-refractivity contribution in [2.45, 2.75) is 25.5 Å². The summed E-state index contributed by atoms with van der Waals surface area (Å²) >= 11 is 0. The maximum Gasteiger partial charge on any atom is 0.340 e. The smallest absolute Gasteiger partial charge is 0.340 e. The average Bonchev–Trinajstić information content (AvgIpc) is 2.36. The van der Waals surface area contributed by atoms with Crippen LogP contribution in [0.1, 0.15) is 31.1 Å². The molecule has 3 N–H and O–H groups in total. The minimum Gasteiger partial charge on any atom is -0.462 e. The molecule has 1 aromatic rings. The number of nitrogens with one attached hydrogen (secondary N) is 1. The molecule has 7 nitrogen and oxygen atoms in total. The molecule has 0 aliphatic carbocycles. The second-order valence-electron chi connectivity index (χ2n) is 5.26. The molecule has 0 atom stereocenters. The van der Waals surface area contributed by atoms with Gasteiger partial charge in [-0.05, 0) is 26.8 Å². The monoisotopic (exact) mass is 315 g/mol. The van der Waals surface area contributed by atoms with Crippen LogP contribution in [-0.4, -0.2) is 43.5 Å². The number of carbonyl (C=O) groups is 1. The highest BCUT2D eigenvalue weighted by Gasteiger charge is 2.30. The minimum absolute atomic E-state index is 0.158. The second kappa shape index (κ2) is 6.30. The number of nitrogens with two attached hydrogens (primary N) is 1. The maximum atomic E-state index is 11.7. The molecule has 1 aromatic heterocycles. The van der Waals surface area contributed by atoms with E-state index in [1.165, 1.54) is 18.5 Å². The van der Waals surface area contributed by atoms with E-state index in [2.05, 4.69) is 10.3 Å². The molecule has 118 valence electrons. The normalized spacial score (nSPS) is 12.0. The van der Waals surface area contributed by atoms with Gasteiger partial charge in [0.05, 0.1) is 28.8 Å². The van der Waals surface area contributed by atoms with Crippen LogP contribution in [0.25, 0.3) is 0 Å². The van der Waals surface area contributed by atoms with Crippen molar-refractivity contribution in [1.82, 2.24) is 4.98 Å². The summed E-state index contributed by atoms with van der Waals surface area (Å²) < 4.78 is 27.2. The van der Waals surface area contributed by atoms with E-state index >= 15 is 0 Å². The van der Waals surface area contributed by atoms with Gasteiger partial charge in [-0.1, -0.05) is 0 Å². The van der Waals surface area contributed by atoms with E-state index in [0.29, 0.717) is 5.82 Å². The summed E-state index contributed by atoms with van der Waals surface area (Å²) in [7, 11) is -3.22. The predicted octanol–water partition coefficient (Wildman–Crippen LogP) is 1.08. The lowest BCUT2D eigenvalue weighted by atomic mass is 10.2. The summed E-state index contributed by atoms with van der Waals surface area (Å²) in [5.41, 5.74) is 6.09. The summed E-state index contributed by atoms with van der Waals surface area (Å²) in [5, 5.41) is 2.90. The number of aromatic nitrogens is 1. The van der Waals surface area contributed by atoms with Gasteiger partial charge in [-0.15, -0.1) is 0 Å². The zero-order valence-corrected chi connectivity index (χ0v) is 13.5. The number of hydrogen-bond acceptors (Lipinski definition) is 7. The summed E-state index contributed by atoms with van der Waals surface area (Å²) in [6, 6.07) is 1.45.